The van der Waals surface area contributed by atoms with Gasteiger partial charge in [0, 0.05) is 38.6 Å². The van der Waals surface area contributed by atoms with Crippen LogP contribution in [0.3, 0.4) is 0 Å². The Hall–Kier alpha value is -2.19. The van der Waals surface area contributed by atoms with Crippen molar-refractivity contribution in [2.24, 2.45) is 5.92 Å². The summed E-state index contributed by atoms with van der Waals surface area (Å²) in [4.78, 5) is 16.7. The van der Waals surface area contributed by atoms with Gasteiger partial charge in [-0.05, 0) is 38.3 Å². The van der Waals surface area contributed by atoms with E-state index in [1.54, 1.807) is 36.8 Å². The molecule has 0 unspecified atom stereocenters. The summed E-state index contributed by atoms with van der Waals surface area (Å²) in [5.41, 5.74) is 1.01. The number of rotatable bonds is 7. The van der Waals surface area contributed by atoms with Crippen LogP contribution in [0.1, 0.15) is 24.8 Å². The third-order valence-corrected chi connectivity index (χ3v) is 6.74. The van der Waals surface area contributed by atoms with Crippen LogP contribution in [0, 0.1) is 12.8 Å². The molecule has 1 N–H and O–H groups in total. The number of piperidine rings is 1. The highest BCUT2D eigenvalue weighted by Gasteiger charge is 2.33. The van der Waals surface area contributed by atoms with E-state index in [2.05, 4.69) is 10.3 Å². The minimum Gasteiger partial charge on any atom is -0.356 e. The van der Waals surface area contributed by atoms with Gasteiger partial charge in [-0.1, -0.05) is 17.7 Å². The maximum atomic E-state index is 12.8. The number of aryl methyl sites for hydroxylation is 2. The molecule has 1 fully saturated rings. The van der Waals surface area contributed by atoms with Crippen LogP contribution in [-0.2, 0) is 21.4 Å². The lowest BCUT2D eigenvalue weighted by Gasteiger charge is -2.31. The summed E-state index contributed by atoms with van der Waals surface area (Å²) < 4.78 is 29.1. The Morgan fingerprint density at radius 1 is 1.30 bits per heavy atom. The normalized spacial score (nSPS) is 18.3. The van der Waals surface area contributed by atoms with Crippen LogP contribution in [0.2, 0.25) is 0 Å². The number of carbonyl (C=O) groups excluding carboxylic acids is 1. The summed E-state index contributed by atoms with van der Waals surface area (Å²) in [5, 5.41) is 2.94. The molecule has 0 saturated carbocycles. The third-order valence-electron chi connectivity index (χ3n) is 4.87. The third kappa shape index (κ3) is 4.95. The first-order valence-corrected chi connectivity index (χ1v) is 10.7. The van der Waals surface area contributed by atoms with Crippen LogP contribution >= 0.6 is 0 Å². The van der Waals surface area contributed by atoms with Crippen LogP contribution in [0.4, 0.5) is 0 Å². The van der Waals surface area contributed by atoms with Gasteiger partial charge in [0.1, 0.15) is 0 Å². The Morgan fingerprint density at radius 3 is 2.78 bits per heavy atom. The monoisotopic (exact) mass is 390 g/mol. The molecule has 8 heteroatoms. The molecule has 3 rings (SSSR count). The summed E-state index contributed by atoms with van der Waals surface area (Å²) in [5.74, 6) is -0.364. The Kier molecular flexibility index (Phi) is 6.28. The number of nitrogens with zero attached hydrogens (tertiary/aromatic N) is 3. The molecular formula is C19H26N4O3S. The van der Waals surface area contributed by atoms with E-state index in [1.165, 1.54) is 4.31 Å². The second kappa shape index (κ2) is 8.67. The molecule has 1 atom stereocenters. The van der Waals surface area contributed by atoms with Gasteiger partial charge in [-0.3, -0.25) is 4.79 Å². The summed E-state index contributed by atoms with van der Waals surface area (Å²) >= 11 is 0. The van der Waals surface area contributed by atoms with Gasteiger partial charge in [-0.2, -0.15) is 4.31 Å². The summed E-state index contributed by atoms with van der Waals surface area (Å²) in [6, 6.07) is 6.84. The fraction of sp³-hybridized carbons (Fsp3) is 0.474. The molecule has 2 aromatic rings. The van der Waals surface area contributed by atoms with Crippen LogP contribution in [0.25, 0.3) is 0 Å². The topological polar surface area (TPSA) is 84.3 Å². The molecule has 27 heavy (non-hydrogen) atoms. The highest BCUT2D eigenvalue weighted by atomic mass is 32.2. The SMILES string of the molecule is Cc1ccc(S(=O)(=O)N2CCC[C@@H](C(=O)NCCCn3ccnc3)C2)cc1. The number of sulfonamides is 1. The fourth-order valence-electron chi connectivity index (χ4n) is 3.27. The van der Waals surface area contributed by atoms with E-state index in [0.717, 1.165) is 18.5 Å². The molecular weight excluding hydrogens is 364 g/mol. The van der Waals surface area contributed by atoms with Crippen molar-refractivity contribution in [2.45, 2.75) is 37.6 Å². The largest absolute Gasteiger partial charge is 0.356 e. The van der Waals surface area contributed by atoms with Crippen molar-refractivity contribution in [2.75, 3.05) is 19.6 Å². The van der Waals surface area contributed by atoms with Crippen molar-refractivity contribution in [3.63, 3.8) is 0 Å². The summed E-state index contributed by atoms with van der Waals surface area (Å²) in [7, 11) is -3.56. The molecule has 0 bridgehead atoms. The number of aromatic nitrogens is 2. The molecule has 2 heterocycles. The number of imidazole rings is 1. The highest BCUT2D eigenvalue weighted by Crippen LogP contribution is 2.24. The second-order valence-corrected chi connectivity index (χ2v) is 8.90. The Morgan fingerprint density at radius 2 is 2.07 bits per heavy atom. The summed E-state index contributed by atoms with van der Waals surface area (Å²) in [6.07, 6.45) is 7.57. The molecule has 1 aliphatic rings. The standard InChI is InChI=1S/C19H26N4O3S/c1-16-5-7-18(8-6-16)27(25,26)23-12-2-4-17(14-23)19(24)21-9-3-11-22-13-10-20-15-22/h5-8,10,13,15,17H,2-4,9,11-12,14H2,1H3,(H,21,24)/t17-/m1/s1. The smallest absolute Gasteiger partial charge is 0.243 e. The van der Waals surface area contributed by atoms with Crippen molar-refractivity contribution < 1.29 is 13.2 Å². The predicted octanol–water partition coefficient (Wildman–Crippen LogP) is 1.80. The lowest BCUT2D eigenvalue weighted by atomic mass is 9.99. The summed E-state index contributed by atoms with van der Waals surface area (Å²) in [6.45, 7) is 3.98. The van der Waals surface area contributed by atoms with Crippen LogP contribution in [-0.4, -0.2) is 47.8 Å². The van der Waals surface area contributed by atoms with E-state index in [4.69, 9.17) is 0 Å². The van der Waals surface area contributed by atoms with Crippen LogP contribution < -0.4 is 5.32 Å². The maximum Gasteiger partial charge on any atom is 0.243 e. The van der Waals surface area contributed by atoms with E-state index >= 15 is 0 Å². The molecule has 0 radical (unpaired) electrons. The zero-order valence-corrected chi connectivity index (χ0v) is 16.4. The van der Waals surface area contributed by atoms with Crippen LogP contribution in [0.15, 0.2) is 47.9 Å². The number of hydrogen-bond donors (Lipinski definition) is 1. The number of hydrogen-bond acceptors (Lipinski definition) is 4. The van der Waals surface area contributed by atoms with Crippen molar-refractivity contribution in [3.05, 3.63) is 48.5 Å². The van der Waals surface area contributed by atoms with Gasteiger partial charge >= 0.3 is 0 Å². The van der Waals surface area contributed by atoms with Gasteiger partial charge < -0.3 is 9.88 Å². The lowest BCUT2D eigenvalue weighted by Crippen LogP contribution is -2.45. The van der Waals surface area contributed by atoms with E-state index in [1.807, 2.05) is 17.7 Å². The fourth-order valence-corrected chi connectivity index (χ4v) is 4.79. The van der Waals surface area contributed by atoms with Gasteiger partial charge in [0.05, 0.1) is 17.1 Å². The molecule has 146 valence electrons. The van der Waals surface area contributed by atoms with Crippen molar-refractivity contribution >= 4 is 15.9 Å². The van der Waals surface area contributed by atoms with Gasteiger partial charge in [0.2, 0.25) is 15.9 Å². The number of benzene rings is 1. The van der Waals surface area contributed by atoms with Gasteiger partial charge in [0.15, 0.2) is 0 Å². The molecule has 7 nitrogen and oxygen atoms in total. The van der Waals surface area contributed by atoms with E-state index in [0.29, 0.717) is 25.9 Å². The quantitative estimate of drug-likeness (QED) is 0.731. The highest BCUT2D eigenvalue weighted by molar-refractivity contribution is 7.89. The molecule has 0 spiro atoms. The molecule has 1 aliphatic heterocycles. The average Bonchev–Trinajstić information content (AvgIpc) is 3.19. The van der Waals surface area contributed by atoms with E-state index in [-0.39, 0.29) is 23.3 Å². The predicted molar refractivity (Wildman–Crippen MR) is 103 cm³/mol. The van der Waals surface area contributed by atoms with Gasteiger partial charge in [-0.15, -0.1) is 0 Å². The molecule has 1 saturated heterocycles. The number of amides is 1. The second-order valence-electron chi connectivity index (χ2n) is 6.96. The van der Waals surface area contributed by atoms with Gasteiger partial charge in [0.25, 0.3) is 0 Å². The first kappa shape index (κ1) is 19.6. The Bertz CT molecular complexity index is 848. The van der Waals surface area contributed by atoms with E-state index in [9.17, 15) is 13.2 Å². The maximum absolute atomic E-state index is 12.8. The minimum absolute atomic E-state index is 0.0653. The average molecular weight is 391 g/mol. The number of nitrogens with one attached hydrogen (secondary N) is 1. The molecule has 1 amide bonds. The van der Waals surface area contributed by atoms with Crippen molar-refractivity contribution in [3.8, 4) is 0 Å². The molecule has 1 aromatic carbocycles. The molecule has 1 aromatic heterocycles. The van der Waals surface area contributed by atoms with E-state index < -0.39 is 10.0 Å². The van der Waals surface area contributed by atoms with Crippen molar-refractivity contribution in [1.29, 1.82) is 0 Å². The van der Waals surface area contributed by atoms with Crippen molar-refractivity contribution in [1.82, 2.24) is 19.2 Å². The van der Waals surface area contributed by atoms with Gasteiger partial charge in [-0.25, -0.2) is 13.4 Å². The first-order valence-electron chi connectivity index (χ1n) is 9.27. The zero-order chi connectivity index (χ0) is 19.3. The lowest BCUT2D eigenvalue weighted by molar-refractivity contribution is -0.126. The zero-order valence-electron chi connectivity index (χ0n) is 15.5. The van der Waals surface area contributed by atoms with Crippen LogP contribution in [0.5, 0.6) is 0 Å². The minimum atomic E-state index is -3.56. The number of carbonyl (C=O) groups is 1. The molecule has 0 aliphatic carbocycles. The Labute approximate surface area is 160 Å². The Balaban J connectivity index is 1.53. The first-order chi connectivity index (χ1) is 13.0.